The molecular weight excluding hydrogens is 592 g/mol. The monoisotopic (exact) mass is 644 g/mol. The zero-order valence-electron chi connectivity index (χ0n) is 27.2. The van der Waals surface area contributed by atoms with Gasteiger partial charge in [-0.05, 0) is 51.2 Å². The Balaban J connectivity index is 0.00000121. The van der Waals surface area contributed by atoms with Gasteiger partial charge in [0.15, 0.2) is 0 Å². The highest BCUT2D eigenvalue weighted by atomic mass is 35.5. The van der Waals surface area contributed by atoms with Crippen LogP contribution in [0.5, 0.6) is 0 Å². The van der Waals surface area contributed by atoms with Gasteiger partial charge in [0.05, 0.1) is 28.7 Å². The maximum absolute atomic E-state index is 13.1. The van der Waals surface area contributed by atoms with E-state index in [0.29, 0.717) is 11.7 Å². The van der Waals surface area contributed by atoms with Crippen molar-refractivity contribution in [2.24, 2.45) is 11.3 Å². The van der Waals surface area contributed by atoms with Crippen molar-refractivity contribution in [1.82, 2.24) is 14.9 Å². The summed E-state index contributed by atoms with van der Waals surface area (Å²) < 4.78 is 6.20. The summed E-state index contributed by atoms with van der Waals surface area (Å²) in [6.07, 6.45) is 5.66. The van der Waals surface area contributed by atoms with Crippen LogP contribution in [0, 0.1) is 11.3 Å². The van der Waals surface area contributed by atoms with Crippen LogP contribution in [0.3, 0.4) is 0 Å². The molecular formula is C31H53ClN4O6S. The Morgan fingerprint density at radius 3 is 2.16 bits per heavy atom. The number of aliphatic carboxylic acids is 1. The van der Waals surface area contributed by atoms with E-state index >= 15 is 0 Å². The molecule has 1 unspecified atom stereocenters. The first-order chi connectivity index (χ1) is 20.0. The molecule has 10 nitrogen and oxygen atoms in total. The van der Waals surface area contributed by atoms with Crippen molar-refractivity contribution in [3.05, 3.63) is 28.8 Å². The van der Waals surface area contributed by atoms with Crippen LogP contribution < -0.4 is 16.0 Å². The molecule has 3 atom stereocenters. The molecule has 0 aromatic heterocycles. The summed E-state index contributed by atoms with van der Waals surface area (Å²) in [5.74, 6) is -1.72. The van der Waals surface area contributed by atoms with E-state index in [4.69, 9.17) is 16.7 Å². The lowest BCUT2D eigenvalue weighted by Gasteiger charge is -2.41. The molecule has 0 radical (unpaired) electrons. The number of methoxy groups -OCH3 is 1. The lowest BCUT2D eigenvalue weighted by Crippen LogP contribution is -2.55. The third kappa shape index (κ3) is 15.3. The topological polar surface area (TPSA) is 137 Å². The highest BCUT2D eigenvalue weighted by Crippen LogP contribution is 2.30. The zero-order chi connectivity index (χ0) is 33.3. The second kappa shape index (κ2) is 20.6. The van der Waals surface area contributed by atoms with Crippen molar-refractivity contribution in [1.29, 1.82) is 0 Å². The first-order valence-corrected chi connectivity index (χ1v) is 15.6. The van der Waals surface area contributed by atoms with Crippen molar-refractivity contribution in [3.8, 4) is 0 Å². The van der Waals surface area contributed by atoms with E-state index in [-0.39, 0.29) is 58.3 Å². The highest BCUT2D eigenvalue weighted by molar-refractivity contribution is 7.77. The largest absolute Gasteiger partial charge is 0.481 e. The van der Waals surface area contributed by atoms with Gasteiger partial charge in [-0.2, -0.15) is 0 Å². The average molecular weight is 645 g/mol. The maximum Gasteiger partial charge on any atom is 0.304 e. The van der Waals surface area contributed by atoms with Gasteiger partial charge in [0.25, 0.3) is 5.91 Å². The molecule has 2 rings (SSSR count). The third-order valence-corrected chi connectivity index (χ3v) is 8.18. The molecule has 246 valence electrons. The van der Waals surface area contributed by atoms with Crippen LogP contribution in [-0.4, -0.2) is 71.5 Å². The Bertz CT molecular complexity index is 1010. The Hall–Kier alpha value is -2.34. The van der Waals surface area contributed by atoms with Crippen molar-refractivity contribution >= 4 is 54.3 Å². The Morgan fingerprint density at radius 1 is 1.16 bits per heavy atom. The maximum atomic E-state index is 13.1. The molecule has 1 aliphatic rings. The van der Waals surface area contributed by atoms with E-state index in [9.17, 15) is 19.2 Å². The standard InChI is InChI=1S/C22H34ClN3O4S.C6H11NO.C3H8O/c1-12(2)20(29)24-16-10-8-9-15(18(16)23)21(30)25-19(22(5,6)7)14(4)26(31)13(3)11-17(27)28;8-5-7-6-3-1-2-4-6;1-3-4-2/h8-10,12-14,19,31H,11H2,1-7H3,(H,24,29)(H,25,30)(H,27,28);5-6H,1-4H2,(H,7,8);3H2,1-2H3/t13-,14-,19?;;/m1../s1. The number of halogens is 1. The van der Waals surface area contributed by atoms with E-state index < -0.39 is 5.97 Å². The minimum Gasteiger partial charge on any atom is -0.481 e. The molecule has 43 heavy (non-hydrogen) atoms. The number of anilines is 1. The van der Waals surface area contributed by atoms with Crippen LogP contribution in [0.1, 0.15) is 97.9 Å². The van der Waals surface area contributed by atoms with Crippen molar-refractivity contribution in [2.75, 3.05) is 19.0 Å². The van der Waals surface area contributed by atoms with Crippen LogP contribution in [-0.2, 0) is 19.1 Å². The second-order valence-electron chi connectivity index (χ2n) is 12.0. The summed E-state index contributed by atoms with van der Waals surface area (Å²) in [7, 11) is 1.68. The van der Waals surface area contributed by atoms with Gasteiger partial charge in [0.2, 0.25) is 12.3 Å². The van der Waals surface area contributed by atoms with Crippen LogP contribution >= 0.6 is 24.4 Å². The molecule has 1 aromatic carbocycles. The molecule has 1 fully saturated rings. The summed E-state index contributed by atoms with van der Waals surface area (Å²) in [4.78, 5) is 46.1. The van der Waals surface area contributed by atoms with Gasteiger partial charge in [-0.25, -0.2) is 4.31 Å². The van der Waals surface area contributed by atoms with Gasteiger partial charge in [-0.1, -0.05) is 77.9 Å². The summed E-state index contributed by atoms with van der Waals surface area (Å²) in [5, 5.41) is 17.8. The number of carboxylic acids is 1. The lowest BCUT2D eigenvalue weighted by atomic mass is 9.82. The molecule has 3 amide bonds. The van der Waals surface area contributed by atoms with Crippen molar-refractivity contribution in [2.45, 2.75) is 112 Å². The second-order valence-corrected chi connectivity index (χ2v) is 12.9. The Morgan fingerprint density at radius 2 is 1.72 bits per heavy atom. The average Bonchev–Trinajstić information content (AvgIpc) is 3.44. The quantitative estimate of drug-likeness (QED) is 0.143. The smallest absolute Gasteiger partial charge is 0.304 e. The SMILES string of the molecule is CC(C)C(=O)Nc1cccc(C(=O)NC([C@@H](C)N(S)[C@H](C)CC(=O)O)C(C)(C)C)c1Cl.CCOC.O=CNC1CCCC1. The van der Waals surface area contributed by atoms with Gasteiger partial charge in [0, 0.05) is 37.8 Å². The summed E-state index contributed by atoms with van der Waals surface area (Å²) in [5.41, 5.74) is 0.267. The van der Waals surface area contributed by atoms with E-state index in [0.717, 1.165) is 13.0 Å². The number of hydrogen-bond donors (Lipinski definition) is 5. The number of benzene rings is 1. The Kier molecular flexibility index (Phi) is 19.5. The number of nitrogens with one attached hydrogen (secondary N) is 3. The third-order valence-electron chi connectivity index (χ3n) is 7.01. The minimum atomic E-state index is -0.915. The molecule has 4 N–H and O–H groups in total. The van der Waals surface area contributed by atoms with Gasteiger partial charge < -0.3 is 25.8 Å². The molecule has 0 spiro atoms. The summed E-state index contributed by atoms with van der Waals surface area (Å²) in [6, 6.07) is 4.42. The number of carboxylic acid groups (broad SMARTS) is 1. The van der Waals surface area contributed by atoms with Gasteiger partial charge in [0.1, 0.15) is 0 Å². The molecule has 12 heteroatoms. The lowest BCUT2D eigenvalue weighted by molar-refractivity contribution is -0.138. The molecule has 1 aliphatic carbocycles. The summed E-state index contributed by atoms with van der Waals surface area (Å²) >= 11 is 10.9. The van der Waals surface area contributed by atoms with Crippen LogP contribution in [0.2, 0.25) is 5.02 Å². The normalized spacial score (nSPS) is 15.3. The highest BCUT2D eigenvalue weighted by Gasteiger charge is 2.36. The van der Waals surface area contributed by atoms with E-state index in [1.54, 1.807) is 50.4 Å². The molecule has 0 heterocycles. The fourth-order valence-corrected chi connectivity index (χ4v) is 4.92. The molecule has 0 aliphatic heterocycles. The Labute approximate surface area is 268 Å². The van der Waals surface area contributed by atoms with Crippen molar-refractivity contribution in [3.63, 3.8) is 0 Å². The van der Waals surface area contributed by atoms with Crippen LogP contribution in [0.25, 0.3) is 0 Å². The van der Waals surface area contributed by atoms with E-state index in [2.05, 4.69) is 33.5 Å². The number of ether oxygens (including phenoxy) is 1. The molecule has 1 aromatic rings. The molecule has 0 saturated heterocycles. The summed E-state index contributed by atoms with van der Waals surface area (Å²) in [6.45, 7) is 15.9. The van der Waals surface area contributed by atoms with Crippen molar-refractivity contribution < 1.29 is 29.0 Å². The van der Waals surface area contributed by atoms with E-state index in [1.165, 1.54) is 25.7 Å². The number of thiol groups is 1. The van der Waals surface area contributed by atoms with Crippen LogP contribution in [0.4, 0.5) is 5.69 Å². The van der Waals surface area contributed by atoms with Crippen LogP contribution in [0.15, 0.2) is 18.2 Å². The molecule has 0 bridgehead atoms. The predicted molar refractivity (Wildman–Crippen MR) is 177 cm³/mol. The number of rotatable bonds is 12. The zero-order valence-corrected chi connectivity index (χ0v) is 28.8. The van der Waals surface area contributed by atoms with E-state index in [1.807, 2.05) is 34.6 Å². The number of carbonyl (C=O) groups is 4. The van der Waals surface area contributed by atoms with Gasteiger partial charge in [-0.3, -0.25) is 19.2 Å². The fraction of sp³-hybridized carbons (Fsp3) is 0.677. The number of carbonyl (C=O) groups excluding carboxylic acids is 3. The first-order valence-electron chi connectivity index (χ1n) is 14.8. The molecule has 1 saturated carbocycles. The minimum absolute atomic E-state index is 0.0674. The van der Waals surface area contributed by atoms with Gasteiger partial charge in [-0.15, -0.1) is 0 Å². The predicted octanol–water partition coefficient (Wildman–Crippen LogP) is 5.81. The fourth-order valence-electron chi connectivity index (χ4n) is 4.45. The number of hydrogen-bond acceptors (Lipinski definition) is 7. The number of amides is 3. The first kappa shape index (κ1) is 40.7. The van der Waals surface area contributed by atoms with Gasteiger partial charge >= 0.3 is 5.97 Å². The number of nitrogens with zero attached hydrogens (tertiary/aromatic N) is 1.